The number of rotatable bonds is 1. The summed E-state index contributed by atoms with van der Waals surface area (Å²) in [6.07, 6.45) is 4.09. The van der Waals surface area contributed by atoms with Gasteiger partial charge >= 0.3 is 0 Å². The van der Waals surface area contributed by atoms with E-state index in [1.54, 1.807) is 12.1 Å². The molecule has 2 aliphatic rings. The summed E-state index contributed by atoms with van der Waals surface area (Å²) in [6, 6.07) is 5.20. The largest absolute Gasteiger partial charge is 0.507 e. The minimum atomic E-state index is -0.0908. The molecule has 5 heteroatoms. The minimum absolute atomic E-state index is 0.00904. The quantitative estimate of drug-likeness (QED) is 0.791. The Bertz CT molecular complexity index is 508. The van der Waals surface area contributed by atoms with Gasteiger partial charge in [-0.05, 0) is 43.9 Å². The monoisotopic (exact) mass is 343 g/mol. The summed E-state index contributed by atoms with van der Waals surface area (Å²) in [6.45, 7) is 0. The van der Waals surface area contributed by atoms with Crippen molar-refractivity contribution in [2.75, 3.05) is 0 Å². The van der Waals surface area contributed by atoms with Gasteiger partial charge in [-0.25, -0.2) is 0 Å². The van der Waals surface area contributed by atoms with Crippen LogP contribution >= 0.6 is 27.5 Å². The lowest BCUT2D eigenvalue weighted by Crippen LogP contribution is -2.46. The molecule has 1 aromatic carbocycles. The number of amides is 1. The second kappa shape index (κ2) is 4.98. The average molecular weight is 345 g/mol. The molecule has 0 aromatic heterocycles. The van der Waals surface area contributed by atoms with Gasteiger partial charge in [0.05, 0.1) is 5.56 Å². The number of aromatic hydroxyl groups is 1. The van der Waals surface area contributed by atoms with E-state index in [4.69, 9.17) is 11.6 Å². The lowest BCUT2D eigenvalue weighted by molar-refractivity contribution is 0.0600. The molecule has 3 nitrogen and oxygen atoms in total. The van der Waals surface area contributed by atoms with Crippen LogP contribution in [0.4, 0.5) is 0 Å². The van der Waals surface area contributed by atoms with Crippen molar-refractivity contribution in [3.63, 3.8) is 0 Å². The fourth-order valence-corrected chi connectivity index (χ4v) is 4.30. The molecule has 1 aromatic rings. The maximum absolute atomic E-state index is 12.6. The third-order valence-electron chi connectivity index (χ3n) is 4.10. The molecule has 2 aliphatic heterocycles. The summed E-state index contributed by atoms with van der Waals surface area (Å²) in [5, 5.41) is 10.3. The smallest absolute Gasteiger partial charge is 0.258 e. The van der Waals surface area contributed by atoms with Crippen LogP contribution in [0.15, 0.2) is 18.2 Å². The molecule has 2 heterocycles. The Morgan fingerprint density at radius 1 is 1.32 bits per heavy atom. The molecular formula is C14H15BrClNO2. The van der Waals surface area contributed by atoms with Gasteiger partial charge in [-0.1, -0.05) is 27.5 Å². The normalized spacial score (nSPS) is 29.6. The van der Waals surface area contributed by atoms with Crippen LogP contribution in [-0.2, 0) is 0 Å². The molecule has 3 rings (SSSR count). The van der Waals surface area contributed by atoms with Gasteiger partial charge in [-0.15, -0.1) is 0 Å². The standard InChI is InChI=1S/C14H15BrClNO2/c15-8-5-10-2-3-11(6-8)17(10)14(19)12-7-9(16)1-4-13(12)18/h1,4,7-8,10-11,18H,2-3,5-6H2. The molecule has 19 heavy (non-hydrogen) atoms. The maximum atomic E-state index is 12.6. The van der Waals surface area contributed by atoms with Crippen molar-refractivity contribution in [2.24, 2.45) is 0 Å². The number of benzene rings is 1. The first-order chi connectivity index (χ1) is 9.06. The summed E-state index contributed by atoms with van der Waals surface area (Å²) in [5.74, 6) is -0.0818. The van der Waals surface area contributed by atoms with Gasteiger partial charge in [-0.2, -0.15) is 0 Å². The SMILES string of the molecule is O=C(c1cc(Cl)ccc1O)N1C2CCC1CC(Br)C2. The van der Waals surface area contributed by atoms with E-state index >= 15 is 0 Å². The van der Waals surface area contributed by atoms with Crippen molar-refractivity contribution in [1.82, 2.24) is 4.90 Å². The molecule has 0 spiro atoms. The molecule has 0 aliphatic carbocycles. The van der Waals surface area contributed by atoms with E-state index in [9.17, 15) is 9.90 Å². The predicted octanol–water partition coefficient (Wildman–Crippen LogP) is 3.58. The second-order valence-electron chi connectivity index (χ2n) is 5.33. The topological polar surface area (TPSA) is 40.5 Å². The van der Waals surface area contributed by atoms with Crippen molar-refractivity contribution < 1.29 is 9.90 Å². The Balaban J connectivity index is 1.90. The van der Waals surface area contributed by atoms with Gasteiger partial charge in [0, 0.05) is 21.9 Å². The first kappa shape index (κ1) is 13.3. The first-order valence-electron chi connectivity index (χ1n) is 6.51. The molecule has 2 fully saturated rings. The molecule has 2 saturated heterocycles. The average Bonchev–Trinajstić information content (AvgIpc) is 2.64. The maximum Gasteiger partial charge on any atom is 0.258 e. The number of hydrogen-bond donors (Lipinski definition) is 1. The number of nitrogens with zero attached hydrogens (tertiary/aromatic N) is 1. The van der Waals surface area contributed by atoms with E-state index in [0.29, 0.717) is 15.4 Å². The minimum Gasteiger partial charge on any atom is -0.507 e. The van der Waals surface area contributed by atoms with E-state index in [-0.39, 0.29) is 23.7 Å². The number of phenolic OH excluding ortho intramolecular Hbond substituents is 1. The van der Waals surface area contributed by atoms with Gasteiger partial charge < -0.3 is 10.0 Å². The van der Waals surface area contributed by atoms with Gasteiger partial charge in [-0.3, -0.25) is 4.79 Å². The number of piperidine rings is 1. The molecule has 102 valence electrons. The van der Waals surface area contributed by atoms with Crippen molar-refractivity contribution in [3.05, 3.63) is 28.8 Å². The van der Waals surface area contributed by atoms with Crippen LogP contribution in [0.5, 0.6) is 5.75 Å². The number of halogens is 2. The van der Waals surface area contributed by atoms with Crippen LogP contribution in [0.1, 0.15) is 36.0 Å². The summed E-state index contributed by atoms with van der Waals surface area (Å²) >= 11 is 9.58. The highest BCUT2D eigenvalue weighted by atomic mass is 79.9. The second-order valence-corrected chi connectivity index (χ2v) is 7.06. The Hall–Kier alpha value is -0.740. The van der Waals surface area contributed by atoms with Gasteiger partial charge in [0.25, 0.3) is 5.91 Å². The summed E-state index contributed by atoms with van der Waals surface area (Å²) in [4.78, 5) is 15.1. The van der Waals surface area contributed by atoms with Crippen molar-refractivity contribution in [3.8, 4) is 5.75 Å². The molecule has 2 bridgehead atoms. The number of fused-ring (bicyclic) bond motifs is 2. The van der Waals surface area contributed by atoms with Crippen molar-refractivity contribution in [1.29, 1.82) is 0 Å². The third kappa shape index (κ3) is 2.36. The van der Waals surface area contributed by atoms with E-state index in [0.717, 1.165) is 25.7 Å². The van der Waals surface area contributed by atoms with E-state index < -0.39 is 0 Å². The summed E-state index contributed by atoms with van der Waals surface area (Å²) < 4.78 is 0. The fourth-order valence-electron chi connectivity index (χ4n) is 3.26. The third-order valence-corrected chi connectivity index (χ3v) is 5.08. The van der Waals surface area contributed by atoms with Crippen LogP contribution in [0.2, 0.25) is 5.02 Å². The number of hydrogen-bond acceptors (Lipinski definition) is 2. The summed E-state index contributed by atoms with van der Waals surface area (Å²) in [7, 11) is 0. The van der Waals surface area contributed by atoms with Crippen LogP contribution in [0.3, 0.4) is 0 Å². The fraction of sp³-hybridized carbons (Fsp3) is 0.500. The van der Waals surface area contributed by atoms with Crippen LogP contribution in [0.25, 0.3) is 0 Å². The summed E-state index contributed by atoms with van der Waals surface area (Å²) in [5.41, 5.74) is 0.317. The Kier molecular flexibility index (Phi) is 3.48. The zero-order valence-electron chi connectivity index (χ0n) is 10.4. The zero-order chi connectivity index (χ0) is 13.6. The number of alkyl halides is 1. The Morgan fingerprint density at radius 2 is 1.95 bits per heavy atom. The molecule has 0 radical (unpaired) electrons. The molecule has 2 unspecified atom stereocenters. The highest BCUT2D eigenvalue weighted by molar-refractivity contribution is 9.09. The number of carbonyl (C=O) groups is 1. The highest BCUT2D eigenvalue weighted by Gasteiger charge is 2.43. The van der Waals surface area contributed by atoms with Gasteiger partial charge in [0.15, 0.2) is 0 Å². The van der Waals surface area contributed by atoms with E-state index in [1.807, 2.05) is 4.90 Å². The van der Waals surface area contributed by atoms with Crippen LogP contribution in [-0.4, -0.2) is 32.8 Å². The van der Waals surface area contributed by atoms with Gasteiger partial charge in [0.2, 0.25) is 0 Å². The van der Waals surface area contributed by atoms with E-state index in [2.05, 4.69) is 15.9 Å². The predicted molar refractivity (Wildman–Crippen MR) is 78.0 cm³/mol. The van der Waals surface area contributed by atoms with E-state index in [1.165, 1.54) is 6.07 Å². The lowest BCUT2D eigenvalue weighted by atomic mass is 10.0. The molecule has 0 saturated carbocycles. The van der Waals surface area contributed by atoms with Crippen molar-refractivity contribution in [2.45, 2.75) is 42.6 Å². The zero-order valence-corrected chi connectivity index (χ0v) is 12.7. The van der Waals surface area contributed by atoms with Gasteiger partial charge in [0.1, 0.15) is 5.75 Å². The molecule has 2 atom stereocenters. The number of phenols is 1. The Labute approximate surface area is 125 Å². The lowest BCUT2D eigenvalue weighted by Gasteiger charge is -2.37. The van der Waals surface area contributed by atoms with Crippen LogP contribution < -0.4 is 0 Å². The number of carbonyl (C=O) groups excluding carboxylic acids is 1. The first-order valence-corrected chi connectivity index (χ1v) is 7.81. The van der Waals surface area contributed by atoms with Crippen molar-refractivity contribution >= 4 is 33.4 Å². The highest BCUT2D eigenvalue weighted by Crippen LogP contribution is 2.40. The molecule has 1 N–H and O–H groups in total. The Morgan fingerprint density at radius 3 is 2.58 bits per heavy atom. The van der Waals surface area contributed by atoms with Crippen LogP contribution in [0, 0.1) is 0 Å². The molecular weight excluding hydrogens is 330 g/mol. The molecule has 1 amide bonds.